The van der Waals surface area contributed by atoms with E-state index in [2.05, 4.69) is 15.3 Å². The number of hydrogen-bond acceptors (Lipinski definition) is 4. The van der Waals surface area contributed by atoms with Gasteiger partial charge in [-0.2, -0.15) is 0 Å². The Morgan fingerprint density at radius 2 is 1.89 bits per heavy atom. The summed E-state index contributed by atoms with van der Waals surface area (Å²) in [5.41, 5.74) is 1.89. The average Bonchev–Trinajstić information content (AvgIpc) is 2.41. The van der Waals surface area contributed by atoms with Crippen molar-refractivity contribution >= 4 is 5.82 Å². The quantitative estimate of drug-likeness (QED) is 0.877. The van der Waals surface area contributed by atoms with Crippen LogP contribution in [0.2, 0.25) is 0 Å². The number of nitrogens with zero attached hydrogens (tertiary/aromatic N) is 2. The summed E-state index contributed by atoms with van der Waals surface area (Å²) in [7, 11) is 0. The molecule has 1 N–H and O–H groups in total. The Morgan fingerprint density at radius 3 is 2.56 bits per heavy atom. The normalized spacial score (nSPS) is 10.1. The maximum absolute atomic E-state index is 5.41. The molecule has 0 aliphatic carbocycles. The molecule has 18 heavy (non-hydrogen) atoms. The van der Waals surface area contributed by atoms with Crippen LogP contribution in [0.5, 0.6) is 5.75 Å². The van der Waals surface area contributed by atoms with Gasteiger partial charge < -0.3 is 10.1 Å². The minimum atomic E-state index is 0.676. The molecule has 0 saturated heterocycles. The van der Waals surface area contributed by atoms with Crippen molar-refractivity contribution in [1.82, 2.24) is 9.97 Å². The number of nitrogens with one attached hydrogen (secondary N) is 1. The van der Waals surface area contributed by atoms with E-state index in [-0.39, 0.29) is 0 Å². The topological polar surface area (TPSA) is 47.0 Å². The first-order valence-electron chi connectivity index (χ1n) is 6.12. The van der Waals surface area contributed by atoms with Gasteiger partial charge in [0, 0.05) is 12.1 Å². The summed E-state index contributed by atoms with van der Waals surface area (Å²) in [6.45, 7) is 5.51. The minimum Gasteiger partial charge on any atom is -0.494 e. The summed E-state index contributed by atoms with van der Waals surface area (Å²) in [5, 5.41) is 3.15. The molecule has 0 aliphatic rings. The van der Waals surface area contributed by atoms with Gasteiger partial charge in [-0.1, -0.05) is 0 Å². The molecule has 0 radical (unpaired) electrons. The predicted octanol–water partition coefficient (Wildman–Crippen LogP) is 2.97. The second-order valence-corrected chi connectivity index (χ2v) is 3.78. The van der Waals surface area contributed by atoms with Crippen LogP contribution in [0.3, 0.4) is 0 Å². The van der Waals surface area contributed by atoms with Gasteiger partial charge in [0.15, 0.2) is 0 Å². The summed E-state index contributed by atoms with van der Waals surface area (Å²) in [6, 6.07) is 7.87. The van der Waals surface area contributed by atoms with Gasteiger partial charge in [0.05, 0.1) is 24.7 Å². The van der Waals surface area contributed by atoms with E-state index in [1.807, 2.05) is 38.1 Å². The molecule has 4 nitrogen and oxygen atoms in total. The van der Waals surface area contributed by atoms with Crippen molar-refractivity contribution in [2.24, 2.45) is 0 Å². The lowest BCUT2D eigenvalue weighted by molar-refractivity contribution is 0.340. The van der Waals surface area contributed by atoms with E-state index in [1.54, 1.807) is 12.4 Å². The Labute approximate surface area is 107 Å². The third kappa shape index (κ3) is 2.97. The van der Waals surface area contributed by atoms with Gasteiger partial charge in [0.1, 0.15) is 11.6 Å². The maximum atomic E-state index is 5.41. The summed E-state index contributed by atoms with van der Waals surface area (Å²) in [5.74, 6) is 1.67. The number of anilines is 1. The van der Waals surface area contributed by atoms with Crippen LogP contribution in [0.1, 0.15) is 13.8 Å². The molecule has 1 aromatic carbocycles. The summed E-state index contributed by atoms with van der Waals surface area (Å²) in [4.78, 5) is 8.68. The Hall–Kier alpha value is -2.10. The van der Waals surface area contributed by atoms with Gasteiger partial charge in [-0.15, -0.1) is 0 Å². The molecule has 0 amide bonds. The molecule has 1 heterocycles. The Bertz CT molecular complexity index is 497. The van der Waals surface area contributed by atoms with E-state index in [4.69, 9.17) is 4.74 Å². The molecule has 94 valence electrons. The summed E-state index contributed by atoms with van der Waals surface area (Å²) < 4.78 is 5.41. The molecule has 0 spiro atoms. The average molecular weight is 243 g/mol. The monoisotopic (exact) mass is 243 g/mol. The standard InChI is InChI=1S/C14H17N3O/c1-3-16-14-10-15-9-13(17-14)11-5-7-12(8-6-11)18-4-2/h5-10H,3-4H2,1-2H3,(H,16,17). The molecular weight excluding hydrogens is 226 g/mol. The SMILES string of the molecule is CCNc1cncc(-c2ccc(OCC)cc2)n1. The number of ether oxygens (including phenoxy) is 1. The molecular formula is C14H17N3O. The van der Waals surface area contributed by atoms with Crippen LogP contribution in [0, 0.1) is 0 Å². The van der Waals surface area contributed by atoms with Gasteiger partial charge in [-0.25, -0.2) is 4.98 Å². The third-order valence-corrected chi connectivity index (χ3v) is 2.45. The molecule has 0 saturated carbocycles. The number of aromatic nitrogens is 2. The smallest absolute Gasteiger partial charge is 0.145 e. The second-order valence-electron chi connectivity index (χ2n) is 3.78. The van der Waals surface area contributed by atoms with E-state index in [0.717, 1.165) is 29.4 Å². The first kappa shape index (κ1) is 12.4. The van der Waals surface area contributed by atoms with E-state index in [0.29, 0.717) is 6.61 Å². The summed E-state index contributed by atoms with van der Waals surface area (Å²) >= 11 is 0. The Kier molecular flexibility index (Phi) is 4.12. The largest absolute Gasteiger partial charge is 0.494 e. The van der Waals surface area contributed by atoms with Crippen molar-refractivity contribution in [3.05, 3.63) is 36.7 Å². The number of benzene rings is 1. The summed E-state index contributed by atoms with van der Waals surface area (Å²) in [6.07, 6.45) is 3.48. The van der Waals surface area contributed by atoms with Crippen LogP contribution in [-0.2, 0) is 0 Å². The zero-order valence-corrected chi connectivity index (χ0v) is 10.7. The molecule has 0 fully saturated rings. The molecule has 4 heteroatoms. The highest BCUT2D eigenvalue weighted by molar-refractivity contribution is 5.60. The van der Waals surface area contributed by atoms with Crippen molar-refractivity contribution in [3.63, 3.8) is 0 Å². The molecule has 2 rings (SSSR count). The third-order valence-electron chi connectivity index (χ3n) is 2.45. The van der Waals surface area contributed by atoms with E-state index in [9.17, 15) is 0 Å². The molecule has 0 aliphatic heterocycles. The fourth-order valence-electron chi connectivity index (χ4n) is 1.66. The zero-order chi connectivity index (χ0) is 12.8. The van der Waals surface area contributed by atoms with Crippen molar-refractivity contribution in [2.75, 3.05) is 18.5 Å². The number of hydrogen-bond donors (Lipinski definition) is 1. The highest BCUT2D eigenvalue weighted by Crippen LogP contribution is 2.21. The maximum Gasteiger partial charge on any atom is 0.145 e. The molecule has 0 atom stereocenters. The van der Waals surface area contributed by atoms with Crippen molar-refractivity contribution in [2.45, 2.75) is 13.8 Å². The van der Waals surface area contributed by atoms with Crippen molar-refractivity contribution in [1.29, 1.82) is 0 Å². The second kappa shape index (κ2) is 6.00. The van der Waals surface area contributed by atoms with Gasteiger partial charge in [-0.3, -0.25) is 4.98 Å². The van der Waals surface area contributed by atoms with Gasteiger partial charge in [0.25, 0.3) is 0 Å². The van der Waals surface area contributed by atoms with Crippen LogP contribution in [0.25, 0.3) is 11.3 Å². The van der Waals surface area contributed by atoms with Crippen LogP contribution in [-0.4, -0.2) is 23.1 Å². The Morgan fingerprint density at radius 1 is 1.11 bits per heavy atom. The van der Waals surface area contributed by atoms with Crippen LogP contribution < -0.4 is 10.1 Å². The van der Waals surface area contributed by atoms with Crippen molar-refractivity contribution in [3.8, 4) is 17.0 Å². The molecule has 0 unspecified atom stereocenters. The Balaban J connectivity index is 2.22. The van der Waals surface area contributed by atoms with Crippen LogP contribution in [0.15, 0.2) is 36.7 Å². The van der Waals surface area contributed by atoms with Crippen molar-refractivity contribution < 1.29 is 4.74 Å². The lowest BCUT2D eigenvalue weighted by Crippen LogP contribution is -2.00. The highest BCUT2D eigenvalue weighted by Gasteiger charge is 2.02. The number of rotatable bonds is 5. The minimum absolute atomic E-state index is 0.676. The first-order valence-corrected chi connectivity index (χ1v) is 6.12. The fraction of sp³-hybridized carbons (Fsp3) is 0.286. The van der Waals surface area contributed by atoms with Crippen LogP contribution in [0.4, 0.5) is 5.82 Å². The first-order chi connectivity index (χ1) is 8.83. The lowest BCUT2D eigenvalue weighted by Gasteiger charge is -2.06. The van der Waals surface area contributed by atoms with Gasteiger partial charge in [0.2, 0.25) is 0 Å². The molecule has 1 aromatic heterocycles. The highest BCUT2D eigenvalue weighted by atomic mass is 16.5. The van der Waals surface area contributed by atoms with Gasteiger partial charge in [-0.05, 0) is 38.1 Å². The molecule has 2 aromatic rings. The van der Waals surface area contributed by atoms with Gasteiger partial charge >= 0.3 is 0 Å². The predicted molar refractivity (Wildman–Crippen MR) is 72.8 cm³/mol. The van der Waals surface area contributed by atoms with Crippen LogP contribution >= 0.6 is 0 Å². The fourth-order valence-corrected chi connectivity index (χ4v) is 1.66. The van der Waals surface area contributed by atoms with E-state index >= 15 is 0 Å². The van der Waals surface area contributed by atoms with E-state index in [1.165, 1.54) is 0 Å². The zero-order valence-electron chi connectivity index (χ0n) is 10.7. The van der Waals surface area contributed by atoms with E-state index < -0.39 is 0 Å². The molecule has 0 bridgehead atoms. The lowest BCUT2D eigenvalue weighted by atomic mass is 10.1.